The zero-order chi connectivity index (χ0) is 23.3. The van der Waals surface area contributed by atoms with E-state index in [-0.39, 0.29) is 34.4 Å². The maximum atomic E-state index is 11.4. The summed E-state index contributed by atoms with van der Waals surface area (Å²) < 4.78 is 32.2. The molecule has 0 fully saturated rings. The number of rotatable bonds is 2. The minimum atomic E-state index is -4.26. The van der Waals surface area contributed by atoms with Crippen LogP contribution in [0.4, 0.5) is 0 Å². The first-order chi connectivity index (χ1) is 16.4. The largest absolute Gasteiger partial charge is 0.355 e. The molecule has 0 saturated heterocycles. The number of hydrogen-bond acceptors (Lipinski definition) is 4. The summed E-state index contributed by atoms with van der Waals surface area (Å²) in [6, 6.07) is 21.9. The van der Waals surface area contributed by atoms with Crippen molar-refractivity contribution in [3.8, 4) is 0 Å². The van der Waals surface area contributed by atoms with Crippen LogP contribution in [0.5, 0.6) is 0 Å². The summed E-state index contributed by atoms with van der Waals surface area (Å²) in [6.45, 7) is 0. The first kappa shape index (κ1) is 25.6. The molecular formula is C26H19ClMnN4O3S. The molecule has 3 N–H and O–H groups in total. The number of fused-ring (bicyclic) bond motifs is 8. The molecular weight excluding hydrogens is 539 g/mol. The summed E-state index contributed by atoms with van der Waals surface area (Å²) in [5.41, 5.74) is 8.48. The van der Waals surface area contributed by atoms with Gasteiger partial charge < -0.3 is 9.97 Å². The van der Waals surface area contributed by atoms with E-state index in [0.29, 0.717) is 0 Å². The molecule has 0 aliphatic carbocycles. The van der Waals surface area contributed by atoms with Gasteiger partial charge in [-0.1, -0.05) is 12.1 Å². The van der Waals surface area contributed by atoms with E-state index in [1.807, 2.05) is 66.8 Å². The van der Waals surface area contributed by atoms with Crippen LogP contribution in [-0.4, -0.2) is 32.9 Å². The van der Waals surface area contributed by atoms with Gasteiger partial charge in [-0.2, -0.15) is 8.42 Å². The molecule has 6 rings (SSSR count). The van der Waals surface area contributed by atoms with Crippen LogP contribution < -0.4 is 0 Å². The average molecular weight is 558 g/mol. The summed E-state index contributed by atoms with van der Waals surface area (Å²) >= 11 is 0. The van der Waals surface area contributed by atoms with E-state index in [2.05, 4.69) is 15.0 Å². The van der Waals surface area contributed by atoms with E-state index in [9.17, 15) is 13.0 Å². The van der Waals surface area contributed by atoms with E-state index in [4.69, 9.17) is 4.98 Å². The summed E-state index contributed by atoms with van der Waals surface area (Å²) in [6.07, 6.45) is 5.91. The fourth-order valence-electron chi connectivity index (χ4n) is 4.05. The van der Waals surface area contributed by atoms with Crippen LogP contribution in [0.3, 0.4) is 0 Å². The van der Waals surface area contributed by atoms with Gasteiger partial charge in [0.15, 0.2) is 0 Å². The van der Waals surface area contributed by atoms with Gasteiger partial charge in [-0.25, -0.2) is 9.97 Å². The van der Waals surface area contributed by atoms with Gasteiger partial charge in [0.05, 0.1) is 27.7 Å². The van der Waals surface area contributed by atoms with Gasteiger partial charge in [-0.15, -0.1) is 12.4 Å². The molecule has 0 unspecified atom stereocenters. The molecule has 1 radical (unpaired) electrons. The number of nitrogens with zero attached hydrogens (tertiary/aromatic N) is 2. The Balaban J connectivity index is 0.00000152. The number of nitrogens with one attached hydrogen (secondary N) is 2. The Bertz CT molecular complexity index is 1790. The minimum Gasteiger partial charge on any atom is -0.355 e. The number of benzene rings is 1. The van der Waals surface area contributed by atoms with Crippen LogP contribution in [0.25, 0.3) is 45.9 Å². The van der Waals surface area contributed by atoms with Crippen molar-refractivity contribution in [2.75, 3.05) is 0 Å². The van der Waals surface area contributed by atoms with Crippen molar-refractivity contribution in [3.05, 3.63) is 101 Å². The number of aromatic amines is 2. The monoisotopic (exact) mass is 557 g/mol. The molecule has 0 saturated carbocycles. The molecule has 1 aromatic carbocycles. The summed E-state index contributed by atoms with van der Waals surface area (Å²) in [7, 11) is -4.26. The van der Waals surface area contributed by atoms with E-state index in [1.54, 1.807) is 12.1 Å². The Hall–Kier alpha value is -3.46. The fraction of sp³-hybridized carbons (Fsp3) is 0. The molecule has 3 aromatic heterocycles. The standard InChI is InChI=1S/C26H18N4O3S.ClH.Mn/c31-34(32,33)24-9-1-16(2-10-24)25-14-23-13-21-6-5-19(28-21)11-17-3-4-18(27-17)12-20-7-8-22(29-20)15-26(25)30-23;;/h1-15,28-29H,(H,31,32,33);1H;. The molecule has 0 spiro atoms. The van der Waals surface area contributed by atoms with Crippen molar-refractivity contribution in [1.82, 2.24) is 19.9 Å². The Labute approximate surface area is 223 Å². The molecule has 0 atom stereocenters. The van der Waals surface area contributed by atoms with Crippen molar-refractivity contribution in [2.24, 2.45) is 0 Å². The van der Waals surface area contributed by atoms with Crippen molar-refractivity contribution in [2.45, 2.75) is 4.90 Å². The predicted molar refractivity (Wildman–Crippen MR) is 140 cm³/mol. The average Bonchev–Trinajstić information content (AvgIpc) is 3.58. The molecule has 181 valence electrons. The van der Waals surface area contributed by atoms with E-state index < -0.39 is 10.1 Å². The molecule has 2 aliphatic heterocycles. The minimum absolute atomic E-state index is 0. The third kappa shape index (κ3) is 5.21. The van der Waals surface area contributed by atoms with Gasteiger partial charge in [0.1, 0.15) is 0 Å². The summed E-state index contributed by atoms with van der Waals surface area (Å²) in [5.74, 6) is 0. The smallest absolute Gasteiger partial charge is 0.294 e. The van der Waals surface area contributed by atoms with Gasteiger partial charge in [0.2, 0.25) is 0 Å². The van der Waals surface area contributed by atoms with Crippen LogP contribution in [0.1, 0.15) is 28.3 Å². The van der Waals surface area contributed by atoms with Crippen LogP contribution >= 0.6 is 12.4 Å². The first-order valence-corrected chi connectivity index (χ1v) is 12.0. The second-order valence-electron chi connectivity index (χ2n) is 8.09. The van der Waals surface area contributed by atoms with Crippen molar-refractivity contribution < 1.29 is 30.0 Å². The second-order valence-corrected chi connectivity index (χ2v) is 9.51. The zero-order valence-corrected chi connectivity index (χ0v) is 21.3. The third-order valence-electron chi connectivity index (χ3n) is 5.63. The Morgan fingerprint density at radius 2 is 1.17 bits per heavy atom. The molecule has 7 nitrogen and oxygen atoms in total. The van der Waals surface area contributed by atoms with Crippen molar-refractivity contribution in [3.63, 3.8) is 0 Å². The van der Waals surface area contributed by atoms with E-state index in [0.717, 1.165) is 56.0 Å². The van der Waals surface area contributed by atoms with E-state index >= 15 is 0 Å². The van der Waals surface area contributed by atoms with Crippen molar-refractivity contribution in [1.29, 1.82) is 0 Å². The van der Waals surface area contributed by atoms with Crippen LogP contribution in [-0.2, 0) is 27.2 Å². The first-order valence-electron chi connectivity index (χ1n) is 10.6. The molecule has 8 bridgehead atoms. The van der Waals surface area contributed by atoms with Gasteiger partial charge in [0.25, 0.3) is 10.1 Å². The van der Waals surface area contributed by atoms with E-state index in [1.165, 1.54) is 12.1 Å². The van der Waals surface area contributed by atoms with Gasteiger partial charge >= 0.3 is 0 Å². The molecule has 2 aliphatic rings. The van der Waals surface area contributed by atoms with Crippen LogP contribution in [0.2, 0.25) is 0 Å². The van der Waals surface area contributed by atoms with Crippen molar-refractivity contribution >= 4 is 68.4 Å². The number of halogens is 1. The van der Waals surface area contributed by atoms with Crippen LogP contribution in [0.15, 0.2) is 77.7 Å². The quantitative estimate of drug-likeness (QED) is 0.186. The van der Waals surface area contributed by atoms with Crippen LogP contribution in [0, 0.1) is 0 Å². The topological polar surface area (TPSA) is 112 Å². The summed E-state index contributed by atoms with van der Waals surface area (Å²) in [5, 5.41) is 0. The maximum Gasteiger partial charge on any atom is 0.294 e. The third-order valence-corrected chi connectivity index (χ3v) is 6.50. The SMILES string of the molecule is Cl.O=S(=O)(O)c1ccc(C2=Cc3cc4ccc(cc5nc(cc6ccc(cc2n3)[nH]6)C=C5)[nH]4)cc1.[Mn]. The molecule has 36 heavy (non-hydrogen) atoms. The van der Waals surface area contributed by atoms with Gasteiger partial charge in [-0.05, 0) is 84.5 Å². The molecule has 4 aromatic rings. The maximum absolute atomic E-state index is 11.4. The predicted octanol–water partition coefficient (Wildman–Crippen LogP) is 5.74. The number of hydrogen-bond donors (Lipinski definition) is 3. The van der Waals surface area contributed by atoms with Gasteiger partial charge in [0, 0.05) is 44.7 Å². The Kier molecular flexibility index (Phi) is 7.04. The molecule has 10 heteroatoms. The second kappa shape index (κ2) is 9.89. The number of H-pyrrole nitrogens is 2. The van der Waals surface area contributed by atoms with Gasteiger partial charge in [-0.3, -0.25) is 4.55 Å². The zero-order valence-electron chi connectivity index (χ0n) is 18.5. The fourth-order valence-corrected chi connectivity index (χ4v) is 4.53. The summed E-state index contributed by atoms with van der Waals surface area (Å²) in [4.78, 5) is 16.1. The Morgan fingerprint density at radius 3 is 1.69 bits per heavy atom. The number of aromatic nitrogens is 4. The Morgan fingerprint density at radius 1 is 0.667 bits per heavy atom. The molecule has 5 heterocycles. The molecule has 0 amide bonds. The normalized spacial score (nSPS) is 12.4.